The number of carbonyl (C=O) groups excluding carboxylic acids is 2. The van der Waals surface area contributed by atoms with Crippen LogP contribution in [0.15, 0.2) is 24.3 Å². The zero-order valence-corrected chi connectivity index (χ0v) is 9.09. The lowest BCUT2D eigenvalue weighted by atomic mass is 10.1. The molecular weight excluding hydrogens is 216 g/mol. The van der Waals surface area contributed by atoms with Crippen molar-refractivity contribution in [2.75, 3.05) is 4.90 Å². The first kappa shape index (κ1) is 10.0. The monoisotopic (exact) mass is 226 g/mol. The Hall–Kier alpha value is -2.15. The Morgan fingerprint density at radius 3 is 2.29 bits per heavy atom. The second-order valence-corrected chi connectivity index (χ2v) is 4.46. The van der Waals surface area contributed by atoms with E-state index in [-0.39, 0.29) is 23.7 Å². The summed E-state index contributed by atoms with van der Waals surface area (Å²) in [5.41, 5.74) is 1.51. The van der Waals surface area contributed by atoms with Gasteiger partial charge in [0.25, 0.3) is 0 Å². The molecule has 0 N–H and O–H groups in total. The average Bonchev–Trinajstić information content (AvgIpc) is 3.07. The van der Waals surface area contributed by atoms with Crippen LogP contribution in [0, 0.1) is 23.2 Å². The molecule has 0 radical (unpaired) electrons. The molecule has 84 valence electrons. The van der Waals surface area contributed by atoms with Crippen molar-refractivity contribution in [3.63, 3.8) is 0 Å². The van der Waals surface area contributed by atoms with Crippen LogP contribution in [0.4, 0.5) is 5.69 Å². The average molecular weight is 226 g/mol. The molecular formula is C13H10N2O2. The van der Waals surface area contributed by atoms with Gasteiger partial charge in [0, 0.05) is 0 Å². The van der Waals surface area contributed by atoms with Gasteiger partial charge in [0.1, 0.15) is 0 Å². The van der Waals surface area contributed by atoms with Crippen molar-refractivity contribution in [2.45, 2.75) is 12.8 Å². The second-order valence-electron chi connectivity index (χ2n) is 4.46. The van der Waals surface area contributed by atoms with Crippen molar-refractivity contribution >= 4 is 17.5 Å². The summed E-state index contributed by atoms with van der Waals surface area (Å²) in [5.74, 6) is -0.288. The zero-order valence-electron chi connectivity index (χ0n) is 9.09. The molecule has 3 rings (SSSR count). The predicted molar refractivity (Wildman–Crippen MR) is 59.8 cm³/mol. The molecule has 1 aromatic rings. The minimum Gasteiger partial charge on any atom is -0.274 e. The van der Waals surface area contributed by atoms with E-state index in [0.29, 0.717) is 12.1 Å². The third kappa shape index (κ3) is 1.43. The number of imide groups is 1. The standard InChI is InChI=1S/C13H10N2O2/c14-6-5-8-1-3-9(4-2-8)15-12(16)10-7-11(10)13(15)17/h1-4,10-11H,5,7H2. The predicted octanol–water partition coefficient (Wildman–Crippen LogP) is 1.26. The SMILES string of the molecule is N#CCc1ccc(N2C(=O)C3CC3C2=O)cc1. The minimum atomic E-state index is -0.0759. The van der Waals surface area contributed by atoms with E-state index in [1.54, 1.807) is 24.3 Å². The molecule has 1 heterocycles. The highest BCUT2D eigenvalue weighted by Crippen LogP contribution is 2.48. The summed E-state index contributed by atoms with van der Waals surface area (Å²) in [6.45, 7) is 0. The van der Waals surface area contributed by atoms with E-state index < -0.39 is 0 Å². The fraction of sp³-hybridized carbons (Fsp3) is 0.308. The molecule has 4 nitrogen and oxygen atoms in total. The van der Waals surface area contributed by atoms with Crippen molar-refractivity contribution in [3.8, 4) is 6.07 Å². The topological polar surface area (TPSA) is 61.2 Å². The van der Waals surface area contributed by atoms with Crippen molar-refractivity contribution in [1.82, 2.24) is 0 Å². The number of fused-ring (bicyclic) bond motifs is 1. The fourth-order valence-electron chi connectivity index (χ4n) is 2.29. The molecule has 2 amide bonds. The molecule has 0 bridgehead atoms. The van der Waals surface area contributed by atoms with E-state index in [2.05, 4.69) is 6.07 Å². The second kappa shape index (κ2) is 3.42. The number of amides is 2. The third-order valence-corrected chi connectivity index (χ3v) is 3.34. The van der Waals surface area contributed by atoms with Gasteiger partial charge in [-0.25, -0.2) is 0 Å². The van der Waals surface area contributed by atoms with Gasteiger partial charge in [-0.05, 0) is 24.1 Å². The first-order chi connectivity index (χ1) is 8.22. The van der Waals surface area contributed by atoms with Crippen molar-refractivity contribution in [2.24, 2.45) is 11.8 Å². The van der Waals surface area contributed by atoms with Gasteiger partial charge < -0.3 is 0 Å². The van der Waals surface area contributed by atoms with Gasteiger partial charge >= 0.3 is 0 Å². The molecule has 1 aliphatic heterocycles. The summed E-state index contributed by atoms with van der Waals surface area (Å²) in [7, 11) is 0. The highest BCUT2D eigenvalue weighted by atomic mass is 16.2. The Bertz CT molecular complexity index is 522. The molecule has 2 fully saturated rings. The van der Waals surface area contributed by atoms with E-state index in [1.807, 2.05) is 0 Å². The van der Waals surface area contributed by atoms with Crippen molar-refractivity contribution < 1.29 is 9.59 Å². The summed E-state index contributed by atoms with van der Waals surface area (Å²) in [4.78, 5) is 24.9. The third-order valence-electron chi connectivity index (χ3n) is 3.34. The van der Waals surface area contributed by atoms with E-state index in [1.165, 1.54) is 4.90 Å². The molecule has 1 aliphatic carbocycles. The zero-order chi connectivity index (χ0) is 12.0. The van der Waals surface area contributed by atoms with Gasteiger partial charge in [0.2, 0.25) is 11.8 Å². The molecule has 0 spiro atoms. The van der Waals surface area contributed by atoms with Crippen LogP contribution in [0.3, 0.4) is 0 Å². The molecule has 2 aliphatic rings. The Kier molecular flexibility index (Phi) is 2.02. The van der Waals surface area contributed by atoms with Crippen LogP contribution in [0.2, 0.25) is 0 Å². The van der Waals surface area contributed by atoms with Gasteiger partial charge in [-0.15, -0.1) is 0 Å². The van der Waals surface area contributed by atoms with Crippen molar-refractivity contribution in [3.05, 3.63) is 29.8 Å². The number of benzene rings is 1. The molecule has 2 atom stereocenters. The van der Waals surface area contributed by atoms with E-state index >= 15 is 0 Å². The summed E-state index contributed by atoms with van der Waals surface area (Å²) >= 11 is 0. The fourth-order valence-corrected chi connectivity index (χ4v) is 2.29. The largest absolute Gasteiger partial charge is 0.274 e. The van der Waals surface area contributed by atoms with Crippen LogP contribution in [0.25, 0.3) is 0 Å². The Balaban J connectivity index is 1.88. The molecule has 1 aromatic carbocycles. The number of hydrogen-bond donors (Lipinski definition) is 0. The maximum absolute atomic E-state index is 11.8. The van der Waals surface area contributed by atoms with E-state index in [0.717, 1.165) is 12.0 Å². The van der Waals surface area contributed by atoms with Gasteiger partial charge in [-0.3, -0.25) is 14.5 Å². The van der Waals surface area contributed by atoms with Crippen LogP contribution in [0.5, 0.6) is 0 Å². The molecule has 17 heavy (non-hydrogen) atoms. The van der Waals surface area contributed by atoms with Gasteiger partial charge in [0.15, 0.2) is 0 Å². The number of nitriles is 1. The lowest BCUT2D eigenvalue weighted by Gasteiger charge is -2.16. The maximum Gasteiger partial charge on any atom is 0.237 e. The van der Waals surface area contributed by atoms with Crippen molar-refractivity contribution in [1.29, 1.82) is 5.26 Å². The quantitative estimate of drug-likeness (QED) is 0.713. The van der Waals surface area contributed by atoms with Crippen LogP contribution < -0.4 is 4.90 Å². The molecule has 2 unspecified atom stereocenters. The van der Waals surface area contributed by atoms with Gasteiger partial charge in [0.05, 0.1) is 30.0 Å². The summed E-state index contributed by atoms with van der Waals surface area (Å²) in [5, 5.41) is 8.56. The van der Waals surface area contributed by atoms with Crippen LogP contribution in [-0.2, 0) is 16.0 Å². The maximum atomic E-state index is 11.8. The number of piperidine rings is 1. The smallest absolute Gasteiger partial charge is 0.237 e. The first-order valence-corrected chi connectivity index (χ1v) is 5.56. The Morgan fingerprint density at radius 1 is 1.18 bits per heavy atom. The molecule has 1 saturated heterocycles. The summed E-state index contributed by atoms with van der Waals surface area (Å²) < 4.78 is 0. The van der Waals surface area contributed by atoms with E-state index in [9.17, 15) is 9.59 Å². The molecule has 0 aromatic heterocycles. The lowest BCUT2D eigenvalue weighted by Crippen LogP contribution is -2.32. The van der Waals surface area contributed by atoms with Crippen LogP contribution in [-0.4, -0.2) is 11.8 Å². The number of anilines is 1. The Morgan fingerprint density at radius 2 is 1.76 bits per heavy atom. The summed E-state index contributed by atoms with van der Waals surface area (Å²) in [6, 6.07) is 9.08. The lowest BCUT2D eigenvalue weighted by molar-refractivity contribution is -0.123. The highest BCUT2D eigenvalue weighted by molar-refractivity contribution is 6.24. The number of hydrogen-bond acceptors (Lipinski definition) is 3. The molecule has 4 heteroatoms. The van der Waals surface area contributed by atoms with Gasteiger partial charge in [-0.2, -0.15) is 5.26 Å². The minimum absolute atomic E-state index is 0.0683. The number of carbonyl (C=O) groups is 2. The Labute approximate surface area is 98.4 Å². The number of rotatable bonds is 2. The van der Waals surface area contributed by atoms with Crippen LogP contribution in [0.1, 0.15) is 12.0 Å². The normalized spacial score (nSPS) is 25.7. The highest BCUT2D eigenvalue weighted by Gasteiger charge is 2.59. The number of nitrogens with zero attached hydrogens (tertiary/aromatic N) is 2. The van der Waals surface area contributed by atoms with Crippen LogP contribution >= 0.6 is 0 Å². The molecule has 1 saturated carbocycles. The van der Waals surface area contributed by atoms with E-state index in [4.69, 9.17) is 5.26 Å². The first-order valence-electron chi connectivity index (χ1n) is 5.56. The van der Waals surface area contributed by atoms with Gasteiger partial charge in [-0.1, -0.05) is 12.1 Å². The summed E-state index contributed by atoms with van der Waals surface area (Å²) in [6.07, 6.45) is 1.06.